The Morgan fingerprint density at radius 3 is 2.80 bits per heavy atom. The highest BCUT2D eigenvalue weighted by Gasteiger charge is 2.25. The number of hydrogen-bond acceptors (Lipinski definition) is 2. The highest BCUT2D eigenvalue weighted by Crippen LogP contribution is 2.31. The minimum Gasteiger partial charge on any atom is -0.399 e. The molecule has 0 aliphatic carbocycles. The number of fused-ring (bicyclic) bond motifs is 1. The van der Waals surface area contributed by atoms with Crippen LogP contribution in [-0.2, 0) is 6.42 Å². The molecule has 20 heavy (non-hydrogen) atoms. The fourth-order valence-corrected chi connectivity index (χ4v) is 2.68. The first-order chi connectivity index (χ1) is 9.56. The van der Waals surface area contributed by atoms with Crippen molar-refractivity contribution in [1.29, 1.82) is 0 Å². The van der Waals surface area contributed by atoms with E-state index in [2.05, 4.69) is 0 Å². The Labute approximate surface area is 123 Å². The Bertz CT molecular complexity index is 697. The molecule has 0 spiro atoms. The van der Waals surface area contributed by atoms with Gasteiger partial charge in [0.1, 0.15) is 0 Å². The zero-order valence-corrected chi connectivity index (χ0v) is 11.9. The van der Waals surface area contributed by atoms with Crippen LogP contribution in [0.25, 0.3) is 0 Å². The third kappa shape index (κ3) is 2.14. The number of nitrogens with two attached hydrogens (primary N) is 1. The van der Waals surface area contributed by atoms with Crippen molar-refractivity contribution in [2.75, 3.05) is 17.2 Å². The lowest BCUT2D eigenvalue weighted by Crippen LogP contribution is -2.28. The first kappa shape index (κ1) is 13.0. The van der Waals surface area contributed by atoms with E-state index in [0.29, 0.717) is 17.1 Å². The highest BCUT2D eigenvalue weighted by atomic mass is 35.5. The van der Waals surface area contributed by atoms with Gasteiger partial charge in [-0.2, -0.15) is 0 Å². The largest absolute Gasteiger partial charge is 0.399 e. The quantitative estimate of drug-likeness (QED) is 0.816. The molecule has 0 saturated heterocycles. The van der Waals surface area contributed by atoms with Crippen molar-refractivity contribution in [2.24, 2.45) is 0 Å². The number of nitrogen functional groups attached to an aromatic ring is 1. The summed E-state index contributed by atoms with van der Waals surface area (Å²) in [6, 6.07) is 11.1. The number of hydrogen-bond donors (Lipinski definition) is 1. The predicted octanol–water partition coefficient (Wildman–Crippen LogP) is 3.43. The maximum Gasteiger partial charge on any atom is 0.258 e. The number of amides is 1. The Kier molecular flexibility index (Phi) is 3.14. The molecule has 1 amide bonds. The summed E-state index contributed by atoms with van der Waals surface area (Å²) in [5.74, 6) is 0.00767. The van der Waals surface area contributed by atoms with Crippen LogP contribution in [0.1, 0.15) is 21.5 Å². The Hall–Kier alpha value is -2.00. The smallest absolute Gasteiger partial charge is 0.258 e. The number of halogens is 1. The van der Waals surface area contributed by atoms with Crippen molar-refractivity contribution in [3.8, 4) is 0 Å². The Morgan fingerprint density at radius 2 is 2.05 bits per heavy atom. The second-order valence-corrected chi connectivity index (χ2v) is 5.47. The SMILES string of the molecule is Cc1cc(C(=O)N2CCc3cc(N)ccc32)ccc1Cl. The number of carbonyl (C=O) groups excluding carboxylic acids is 1. The van der Waals surface area contributed by atoms with Gasteiger partial charge in [-0.1, -0.05) is 11.6 Å². The molecule has 0 bridgehead atoms. The topological polar surface area (TPSA) is 46.3 Å². The van der Waals surface area contributed by atoms with Gasteiger partial charge in [0.25, 0.3) is 5.91 Å². The van der Waals surface area contributed by atoms with Crippen LogP contribution in [-0.4, -0.2) is 12.5 Å². The average molecular weight is 287 g/mol. The molecule has 3 nitrogen and oxygen atoms in total. The van der Waals surface area contributed by atoms with Crippen LogP contribution in [0.2, 0.25) is 5.02 Å². The molecule has 102 valence electrons. The second-order valence-electron chi connectivity index (χ2n) is 5.06. The lowest BCUT2D eigenvalue weighted by Gasteiger charge is -2.18. The molecule has 1 heterocycles. The van der Waals surface area contributed by atoms with Gasteiger partial charge in [-0.05, 0) is 60.9 Å². The minimum absolute atomic E-state index is 0.00767. The number of rotatable bonds is 1. The first-order valence-corrected chi connectivity index (χ1v) is 6.90. The molecule has 2 aromatic rings. The van der Waals surface area contributed by atoms with Gasteiger partial charge in [-0.25, -0.2) is 0 Å². The molecular formula is C16H15ClN2O. The zero-order valence-electron chi connectivity index (χ0n) is 11.2. The molecule has 4 heteroatoms. The van der Waals surface area contributed by atoms with Gasteiger partial charge in [0.15, 0.2) is 0 Å². The van der Waals surface area contributed by atoms with E-state index in [1.807, 2.05) is 31.2 Å². The van der Waals surface area contributed by atoms with Crippen molar-refractivity contribution in [3.63, 3.8) is 0 Å². The molecule has 2 aromatic carbocycles. The van der Waals surface area contributed by atoms with Crippen molar-refractivity contribution in [3.05, 3.63) is 58.1 Å². The Balaban J connectivity index is 1.95. The van der Waals surface area contributed by atoms with E-state index in [4.69, 9.17) is 17.3 Å². The maximum atomic E-state index is 12.6. The summed E-state index contributed by atoms with van der Waals surface area (Å²) >= 11 is 6.00. The van der Waals surface area contributed by atoms with E-state index < -0.39 is 0 Å². The number of aryl methyl sites for hydroxylation is 1. The molecular weight excluding hydrogens is 272 g/mol. The molecule has 1 aliphatic heterocycles. The third-order valence-electron chi connectivity index (χ3n) is 3.65. The molecule has 0 atom stereocenters. The standard InChI is InChI=1S/C16H15ClN2O/c1-10-8-12(2-4-14(10)17)16(20)19-7-6-11-9-13(18)3-5-15(11)19/h2-5,8-9H,6-7,18H2,1H3. The number of anilines is 2. The summed E-state index contributed by atoms with van der Waals surface area (Å²) < 4.78 is 0. The van der Waals surface area contributed by atoms with E-state index in [0.717, 1.165) is 28.9 Å². The summed E-state index contributed by atoms with van der Waals surface area (Å²) in [5, 5.41) is 0.677. The first-order valence-electron chi connectivity index (χ1n) is 6.52. The van der Waals surface area contributed by atoms with Crippen molar-refractivity contribution >= 4 is 28.9 Å². The van der Waals surface area contributed by atoms with Crippen LogP contribution in [0.5, 0.6) is 0 Å². The zero-order chi connectivity index (χ0) is 14.3. The molecule has 0 radical (unpaired) electrons. The molecule has 0 fully saturated rings. The molecule has 0 saturated carbocycles. The number of benzene rings is 2. The van der Waals surface area contributed by atoms with Gasteiger partial charge in [0.2, 0.25) is 0 Å². The molecule has 1 aliphatic rings. The van der Waals surface area contributed by atoms with E-state index in [1.165, 1.54) is 0 Å². The van der Waals surface area contributed by atoms with Gasteiger partial charge in [0.05, 0.1) is 0 Å². The second kappa shape index (κ2) is 4.84. The van der Waals surface area contributed by atoms with E-state index in [-0.39, 0.29) is 5.91 Å². The molecule has 0 aromatic heterocycles. The predicted molar refractivity (Wildman–Crippen MR) is 82.4 cm³/mol. The highest BCUT2D eigenvalue weighted by molar-refractivity contribution is 6.31. The summed E-state index contributed by atoms with van der Waals surface area (Å²) in [5.41, 5.74) is 10.2. The minimum atomic E-state index is 0.00767. The molecule has 2 N–H and O–H groups in total. The van der Waals surface area contributed by atoms with Gasteiger partial charge in [-0.15, -0.1) is 0 Å². The van der Waals surface area contributed by atoms with Crippen LogP contribution >= 0.6 is 11.6 Å². The normalized spacial score (nSPS) is 13.4. The van der Waals surface area contributed by atoms with Crippen molar-refractivity contribution < 1.29 is 4.79 Å². The van der Waals surface area contributed by atoms with Crippen LogP contribution in [0.3, 0.4) is 0 Å². The van der Waals surface area contributed by atoms with Gasteiger partial charge in [-0.3, -0.25) is 4.79 Å². The monoisotopic (exact) mass is 286 g/mol. The van der Waals surface area contributed by atoms with E-state index in [1.54, 1.807) is 17.0 Å². The van der Waals surface area contributed by atoms with Gasteiger partial charge in [0, 0.05) is 28.5 Å². The lowest BCUT2D eigenvalue weighted by atomic mass is 10.1. The molecule has 0 unspecified atom stereocenters. The van der Waals surface area contributed by atoms with Gasteiger partial charge >= 0.3 is 0 Å². The van der Waals surface area contributed by atoms with E-state index in [9.17, 15) is 4.79 Å². The third-order valence-corrected chi connectivity index (χ3v) is 4.07. The van der Waals surface area contributed by atoms with Crippen LogP contribution in [0.15, 0.2) is 36.4 Å². The fourth-order valence-electron chi connectivity index (χ4n) is 2.57. The van der Waals surface area contributed by atoms with Crippen LogP contribution in [0.4, 0.5) is 11.4 Å². The summed E-state index contributed by atoms with van der Waals surface area (Å²) in [6.45, 7) is 2.59. The summed E-state index contributed by atoms with van der Waals surface area (Å²) in [7, 11) is 0. The van der Waals surface area contributed by atoms with Gasteiger partial charge < -0.3 is 10.6 Å². The Morgan fingerprint density at radius 1 is 1.25 bits per heavy atom. The maximum absolute atomic E-state index is 12.6. The number of carbonyl (C=O) groups is 1. The lowest BCUT2D eigenvalue weighted by molar-refractivity contribution is 0.0989. The fraction of sp³-hybridized carbons (Fsp3) is 0.188. The van der Waals surface area contributed by atoms with Crippen molar-refractivity contribution in [2.45, 2.75) is 13.3 Å². The van der Waals surface area contributed by atoms with Crippen molar-refractivity contribution in [1.82, 2.24) is 0 Å². The van der Waals surface area contributed by atoms with Crippen LogP contribution in [0, 0.1) is 6.92 Å². The summed E-state index contributed by atoms with van der Waals surface area (Å²) in [6.07, 6.45) is 0.846. The van der Waals surface area contributed by atoms with Crippen LogP contribution < -0.4 is 10.6 Å². The average Bonchev–Trinajstić information content (AvgIpc) is 2.84. The summed E-state index contributed by atoms with van der Waals surface area (Å²) in [4.78, 5) is 14.4. The molecule has 3 rings (SSSR count). The number of nitrogens with zero attached hydrogens (tertiary/aromatic N) is 1. The van der Waals surface area contributed by atoms with E-state index >= 15 is 0 Å².